The number of carbonyl (C=O) groups is 2. The van der Waals surface area contributed by atoms with Gasteiger partial charge in [0.25, 0.3) is 11.8 Å². The topological polar surface area (TPSA) is 112 Å². The van der Waals surface area contributed by atoms with Crippen molar-refractivity contribution in [1.29, 1.82) is 5.26 Å². The molecule has 1 aromatic heterocycles. The highest BCUT2D eigenvalue weighted by Gasteiger charge is 2.41. The van der Waals surface area contributed by atoms with Crippen LogP contribution in [0.4, 0.5) is 8.78 Å². The first-order valence-electron chi connectivity index (χ1n) is 12.7. The lowest BCUT2D eigenvalue weighted by atomic mass is 9.96. The van der Waals surface area contributed by atoms with Gasteiger partial charge in [-0.2, -0.15) is 19.1 Å². The number of hydrogen-bond donors (Lipinski definition) is 1. The summed E-state index contributed by atoms with van der Waals surface area (Å²) in [5, 5.41) is 24.5. The van der Waals surface area contributed by atoms with Gasteiger partial charge in [-0.3, -0.25) is 14.3 Å². The lowest BCUT2D eigenvalue weighted by Gasteiger charge is -2.38. The molecular weight excluding hydrogens is 544 g/mol. The molecule has 0 fully saturated rings. The fourth-order valence-electron chi connectivity index (χ4n) is 5.33. The van der Waals surface area contributed by atoms with E-state index in [9.17, 15) is 28.7 Å². The Morgan fingerprint density at radius 1 is 1.27 bits per heavy atom. The maximum absolute atomic E-state index is 13.9. The van der Waals surface area contributed by atoms with Crippen LogP contribution in [-0.2, 0) is 13.0 Å². The van der Waals surface area contributed by atoms with Crippen molar-refractivity contribution in [3.63, 3.8) is 0 Å². The molecule has 0 saturated heterocycles. The molecule has 3 aromatic rings. The Morgan fingerprint density at radius 2 is 2.00 bits per heavy atom. The van der Waals surface area contributed by atoms with Gasteiger partial charge in [0.1, 0.15) is 17.5 Å². The zero-order chi connectivity index (χ0) is 28.7. The molecule has 0 spiro atoms. The van der Waals surface area contributed by atoms with Gasteiger partial charge in [0.2, 0.25) is 0 Å². The number of amides is 2. The van der Waals surface area contributed by atoms with Crippen molar-refractivity contribution in [2.45, 2.75) is 51.6 Å². The standard InChI is InChI=1S/C28H26ClF2N5O4/c1-15-9-24-22(13-34(15)26(38)18-5-8-23(29)19(10-18)11-32)25-27(39)35(12-20(14-37)36(25)33-24)16(2)17-3-6-21(7-4-17)40-28(30)31/h3-8,10,15-16,20,28,37H,9,12-14H2,1-2H3/t15-,16?,20+/m1/s1. The SMILES string of the molecule is CC(c1ccc(OC(F)F)cc1)N1C[C@@H](CO)n2nc3c(c2C1=O)CN(C(=O)c1ccc(Cl)c(C#N)c1)[C@H](C)C3. The minimum absolute atomic E-state index is 0.0118. The highest BCUT2D eigenvalue weighted by Crippen LogP contribution is 2.36. The van der Waals surface area contributed by atoms with Crippen molar-refractivity contribution in [3.05, 3.63) is 81.1 Å². The number of nitrogens with zero attached hydrogens (tertiary/aromatic N) is 5. The molecule has 40 heavy (non-hydrogen) atoms. The zero-order valence-electron chi connectivity index (χ0n) is 21.7. The molecule has 0 aliphatic carbocycles. The molecule has 0 saturated carbocycles. The Balaban J connectivity index is 1.46. The van der Waals surface area contributed by atoms with E-state index in [2.05, 4.69) is 9.84 Å². The van der Waals surface area contributed by atoms with Crippen molar-refractivity contribution in [1.82, 2.24) is 19.6 Å². The number of ether oxygens (including phenoxy) is 1. The van der Waals surface area contributed by atoms with E-state index in [0.29, 0.717) is 34.5 Å². The normalized spacial score (nSPS) is 19.2. The van der Waals surface area contributed by atoms with Crippen LogP contribution in [0.2, 0.25) is 5.02 Å². The molecule has 12 heteroatoms. The molecule has 0 bridgehead atoms. The summed E-state index contributed by atoms with van der Waals surface area (Å²) in [6, 6.07) is 11.4. The first kappa shape index (κ1) is 27.6. The predicted octanol–water partition coefficient (Wildman–Crippen LogP) is 4.35. The number of aliphatic hydroxyl groups excluding tert-OH is 1. The Bertz CT molecular complexity index is 1500. The quantitative estimate of drug-likeness (QED) is 0.472. The van der Waals surface area contributed by atoms with Gasteiger partial charge in [-0.25, -0.2) is 0 Å². The van der Waals surface area contributed by atoms with Gasteiger partial charge in [0, 0.05) is 30.1 Å². The van der Waals surface area contributed by atoms with Crippen molar-refractivity contribution in [3.8, 4) is 11.8 Å². The second-order valence-electron chi connectivity index (χ2n) is 9.93. The summed E-state index contributed by atoms with van der Waals surface area (Å²) in [7, 11) is 0. The molecule has 3 heterocycles. The Morgan fingerprint density at radius 3 is 2.65 bits per heavy atom. The molecule has 2 aliphatic heterocycles. The summed E-state index contributed by atoms with van der Waals surface area (Å²) < 4.78 is 31.1. The minimum atomic E-state index is -2.94. The van der Waals surface area contributed by atoms with Crippen LogP contribution in [0.5, 0.6) is 5.75 Å². The molecule has 3 atom stereocenters. The van der Waals surface area contributed by atoms with E-state index in [4.69, 9.17) is 11.6 Å². The third-order valence-electron chi connectivity index (χ3n) is 7.52. The van der Waals surface area contributed by atoms with Crippen LogP contribution in [0.3, 0.4) is 0 Å². The lowest BCUT2D eigenvalue weighted by molar-refractivity contribution is -0.0498. The van der Waals surface area contributed by atoms with Gasteiger partial charge in [-0.15, -0.1) is 0 Å². The monoisotopic (exact) mass is 569 g/mol. The van der Waals surface area contributed by atoms with E-state index in [1.807, 2.05) is 19.9 Å². The minimum Gasteiger partial charge on any atom is -0.435 e. The number of carbonyl (C=O) groups excluding carboxylic acids is 2. The van der Waals surface area contributed by atoms with E-state index in [1.54, 1.807) is 32.7 Å². The van der Waals surface area contributed by atoms with Gasteiger partial charge >= 0.3 is 6.61 Å². The molecule has 1 N–H and O–H groups in total. The number of nitriles is 1. The number of aliphatic hydroxyl groups is 1. The fraction of sp³-hybridized carbons (Fsp3) is 0.357. The van der Waals surface area contributed by atoms with Crippen molar-refractivity contribution in [2.75, 3.05) is 13.2 Å². The number of rotatable bonds is 6. The molecule has 2 aliphatic rings. The molecular formula is C28H26ClF2N5O4. The highest BCUT2D eigenvalue weighted by atomic mass is 35.5. The van der Waals surface area contributed by atoms with Gasteiger partial charge in [-0.05, 0) is 49.7 Å². The van der Waals surface area contributed by atoms with E-state index in [0.717, 1.165) is 0 Å². The molecule has 5 rings (SSSR count). The van der Waals surface area contributed by atoms with Crippen LogP contribution in [0.15, 0.2) is 42.5 Å². The molecule has 0 radical (unpaired) electrons. The summed E-state index contributed by atoms with van der Waals surface area (Å²) >= 11 is 6.04. The average Bonchev–Trinajstić information content (AvgIpc) is 3.31. The first-order valence-corrected chi connectivity index (χ1v) is 13.1. The van der Waals surface area contributed by atoms with Gasteiger partial charge in [-0.1, -0.05) is 23.7 Å². The average molecular weight is 570 g/mol. The van der Waals surface area contributed by atoms with Gasteiger partial charge in [0.15, 0.2) is 0 Å². The van der Waals surface area contributed by atoms with Crippen LogP contribution in [0.1, 0.15) is 69.2 Å². The summed E-state index contributed by atoms with van der Waals surface area (Å²) in [5.41, 5.74) is 2.82. The Kier molecular flexibility index (Phi) is 7.49. The number of halogens is 3. The first-order chi connectivity index (χ1) is 19.1. The van der Waals surface area contributed by atoms with E-state index in [-0.39, 0.29) is 53.9 Å². The maximum atomic E-state index is 13.9. The second-order valence-corrected chi connectivity index (χ2v) is 10.3. The molecule has 1 unspecified atom stereocenters. The Hall–Kier alpha value is -4.01. The summed E-state index contributed by atoms with van der Waals surface area (Å²) in [6.45, 7) is 0.831. The third-order valence-corrected chi connectivity index (χ3v) is 7.85. The smallest absolute Gasteiger partial charge is 0.387 e. The van der Waals surface area contributed by atoms with Crippen LogP contribution in [-0.4, -0.2) is 62.3 Å². The highest BCUT2D eigenvalue weighted by molar-refractivity contribution is 6.31. The van der Waals surface area contributed by atoms with E-state index >= 15 is 0 Å². The van der Waals surface area contributed by atoms with Crippen molar-refractivity contribution in [2.24, 2.45) is 0 Å². The maximum Gasteiger partial charge on any atom is 0.387 e. The molecule has 2 amide bonds. The number of fused-ring (bicyclic) bond motifs is 3. The van der Waals surface area contributed by atoms with Crippen molar-refractivity contribution >= 4 is 23.4 Å². The van der Waals surface area contributed by atoms with E-state index in [1.165, 1.54) is 24.3 Å². The van der Waals surface area contributed by atoms with Crippen LogP contribution < -0.4 is 4.74 Å². The summed E-state index contributed by atoms with van der Waals surface area (Å²) in [4.78, 5) is 30.6. The fourth-order valence-corrected chi connectivity index (χ4v) is 5.49. The van der Waals surface area contributed by atoms with Gasteiger partial charge < -0.3 is 19.6 Å². The molecule has 2 aromatic carbocycles. The predicted molar refractivity (Wildman–Crippen MR) is 140 cm³/mol. The number of aromatic nitrogens is 2. The van der Waals surface area contributed by atoms with Crippen LogP contribution in [0.25, 0.3) is 0 Å². The summed E-state index contributed by atoms with van der Waals surface area (Å²) in [5.74, 6) is -0.596. The molecule has 208 valence electrons. The number of benzene rings is 2. The Labute approximate surface area is 234 Å². The second kappa shape index (κ2) is 10.9. The van der Waals surface area contributed by atoms with E-state index < -0.39 is 18.7 Å². The number of alkyl halides is 2. The third kappa shape index (κ3) is 4.89. The lowest BCUT2D eigenvalue weighted by Crippen LogP contribution is -2.46. The largest absolute Gasteiger partial charge is 0.435 e. The zero-order valence-corrected chi connectivity index (χ0v) is 22.5. The number of hydrogen-bond acceptors (Lipinski definition) is 6. The van der Waals surface area contributed by atoms with Crippen molar-refractivity contribution < 1.29 is 28.2 Å². The van der Waals surface area contributed by atoms with Gasteiger partial charge in [0.05, 0.1) is 41.5 Å². The molecule has 9 nitrogen and oxygen atoms in total. The van der Waals surface area contributed by atoms with Crippen LogP contribution >= 0.6 is 11.6 Å². The summed E-state index contributed by atoms with van der Waals surface area (Å²) in [6.07, 6.45) is 0.409. The van der Waals surface area contributed by atoms with Crippen LogP contribution in [0, 0.1) is 11.3 Å².